The average Bonchev–Trinajstić information content (AvgIpc) is 3.24. The summed E-state index contributed by atoms with van der Waals surface area (Å²) in [5.41, 5.74) is 0. The van der Waals surface area contributed by atoms with E-state index in [-0.39, 0.29) is 19.2 Å². The van der Waals surface area contributed by atoms with Crippen molar-refractivity contribution >= 4 is 5.97 Å². The molecule has 6 unspecified atom stereocenters. The summed E-state index contributed by atoms with van der Waals surface area (Å²) in [6.07, 6.45) is 44.3. The molecule has 0 amide bonds. The Kier molecular flexibility index (Phi) is 38.8. The van der Waals surface area contributed by atoms with Gasteiger partial charge in [0.25, 0.3) is 0 Å². The first-order valence-electron chi connectivity index (χ1n) is 24.2. The number of ether oxygens (including phenoxy) is 4. The zero-order chi connectivity index (χ0) is 42.9. The lowest BCUT2D eigenvalue weighted by molar-refractivity contribution is -0.305. The van der Waals surface area contributed by atoms with Gasteiger partial charge in [0.05, 0.1) is 19.8 Å². The summed E-state index contributed by atoms with van der Waals surface area (Å²) in [5, 5.41) is 40.2. The van der Waals surface area contributed by atoms with Crippen LogP contribution in [-0.2, 0) is 23.7 Å². The molecule has 9 heteroatoms. The van der Waals surface area contributed by atoms with E-state index < -0.39 is 43.4 Å². The molecule has 1 heterocycles. The SMILES string of the molecule is CC/C=C\C/C=C\C/C=C\C/C=C\CCCCCOCC(COC1OC(CO)C(O)C(O)C1O)OC(=O)CCCCCCCCCCCCCCCCCCCCCC. The fourth-order valence-corrected chi connectivity index (χ4v) is 7.25. The van der Waals surface area contributed by atoms with Crippen molar-refractivity contribution in [3.8, 4) is 0 Å². The van der Waals surface area contributed by atoms with Crippen LogP contribution in [0.4, 0.5) is 0 Å². The van der Waals surface area contributed by atoms with Crippen molar-refractivity contribution in [3.05, 3.63) is 48.6 Å². The number of aliphatic hydroxyl groups excluding tert-OH is 4. The standard InChI is InChI=1S/C50H90O9/c1-3-5-7-9-11-13-15-17-19-21-22-23-24-25-27-29-31-33-35-37-39-46(52)58-44(43-57-50-49(55)48(54)47(53)45(41-51)59-50)42-56-40-38-36-34-32-30-28-26-20-18-16-14-12-10-8-6-4-2/h6,8,12,14,18,20,28,30,44-45,47-51,53-55H,3-5,7,9-11,13,15-17,19,21-27,29,31-43H2,1-2H3/b8-6-,14-12-,20-18-,30-28-. The molecule has 1 aliphatic rings. The molecule has 9 nitrogen and oxygen atoms in total. The normalized spacial score (nSPS) is 20.5. The maximum absolute atomic E-state index is 12.8. The summed E-state index contributed by atoms with van der Waals surface area (Å²) in [6.45, 7) is 4.39. The molecule has 1 saturated heterocycles. The molecule has 1 aliphatic heterocycles. The van der Waals surface area contributed by atoms with Gasteiger partial charge >= 0.3 is 5.97 Å². The third-order valence-electron chi connectivity index (χ3n) is 11.0. The largest absolute Gasteiger partial charge is 0.457 e. The summed E-state index contributed by atoms with van der Waals surface area (Å²) in [7, 11) is 0. The lowest BCUT2D eigenvalue weighted by Crippen LogP contribution is -2.59. The second-order valence-corrected chi connectivity index (χ2v) is 16.5. The number of rotatable bonds is 41. The molecule has 344 valence electrons. The van der Waals surface area contributed by atoms with Crippen LogP contribution >= 0.6 is 0 Å². The minimum atomic E-state index is -1.54. The van der Waals surface area contributed by atoms with Crippen LogP contribution in [0.5, 0.6) is 0 Å². The van der Waals surface area contributed by atoms with Crippen LogP contribution in [0, 0.1) is 0 Å². The number of carbonyl (C=O) groups excluding carboxylic acids is 1. The number of hydrogen-bond acceptors (Lipinski definition) is 9. The van der Waals surface area contributed by atoms with Crippen LogP contribution in [0.2, 0.25) is 0 Å². The zero-order valence-electron chi connectivity index (χ0n) is 37.7. The zero-order valence-corrected chi connectivity index (χ0v) is 37.7. The molecule has 0 saturated carbocycles. The number of allylic oxidation sites excluding steroid dienone is 8. The van der Waals surface area contributed by atoms with Gasteiger partial charge in [-0.3, -0.25) is 4.79 Å². The lowest BCUT2D eigenvalue weighted by atomic mass is 9.99. The third kappa shape index (κ3) is 32.5. The molecule has 0 aliphatic carbocycles. The van der Waals surface area contributed by atoms with E-state index in [9.17, 15) is 25.2 Å². The van der Waals surface area contributed by atoms with E-state index in [0.29, 0.717) is 13.0 Å². The van der Waals surface area contributed by atoms with Gasteiger partial charge in [-0.1, -0.05) is 191 Å². The van der Waals surface area contributed by atoms with Gasteiger partial charge in [0.15, 0.2) is 6.29 Å². The van der Waals surface area contributed by atoms with Crippen molar-refractivity contribution in [1.29, 1.82) is 0 Å². The van der Waals surface area contributed by atoms with Gasteiger partial charge in [-0.2, -0.15) is 0 Å². The molecule has 59 heavy (non-hydrogen) atoms. The van der Waals surface area contributed by atoms with Crippen molar-refractivity contribution in [3.63, 3.8) is 0 Å². The second kappa shape index (κ2) is 41.5. The Bertz CT molecular complexity index is 1040. The Labute approximate surface area is 361 Å². The van der Waals surface area contributed by atoms with E-state index in [1.807, 2.05) is 0 Å². The van der Waals surface area contributed by atoms with Crippen LogP contribution in [0.15, 0.2) is 48.6 Å². The number of hydrogen-bond donors (Lipinski definition) is 4. The van der Waals surface area contributed by atoms with Gasteiger partial charge in [0.1, 0.15) is 30.5 Å². The maximum atomic E-state index is 12.8. The quantitative estimate of drug-likeness (QED) is 0.0270. The summed E-state index contributed by atoms with van der Waals surface area (Å²) in [5.74, 6) is -0.323. The molecule has 0 spiro atoms. The Morgan fingerprint density at radius 2 is 1.03 bits per heavy atom. The summed E-state index contributed by atoms with van der Waals surface area (Å²) < 4.78 is 22.8. The van der Waals surface area contributed by atoms with Crippen molar-refractivity contribution in [2.24, 2.45) is 0 Å². The van der Waals surface area contributed by atoms with Crippen LogP contribution in [0.1, 0.15) is 200 Å². The van der Waals surface area contributed by atoms with E-state index in [1.54, 1.807) is 0 Å². The van der Waals surface area contributed by atoms with Crippen LogP contribution in [-0.4, -0.2) is 89.6 Å². The first-order chi connectivity index (χ1) is 28.9. The number of carbonyl (C=O) groups is 1. The fraction of sp³-hybridized carbons (Fsp3) is 0.820. The number of aliphatic hydroxyl groups is 4. The van der Waals surface area contributed by atoms with Crippen molar-refractivity contribution in [2.45, 2.75) is 237 Å². The van der Waals surface area contributed by atoms with E-state index in [1.165, 1.54) is 109 Å². The predicted octanol–water partition coefficient (Wildman–Crippen LogP) is 11.3. The van der Waals surface area contributed by atoms with Crippen molar-refractivity contribution in [1.82, 2.24) is 0 Å². The van der Waals surface area contributed by atoms with Gasteiger partial charge < -0.3 is 39.4 Å². The van der Waals surface area contributed by atoms with Crippen LogP contribution in [0.25, 0.3) is 0 Å². The lowest BCUT2D eigenvalue weighted by Gasteiger charge is -2.39. The highest BCUT2D eigenvalue weighted by Gasteiger charge is 2.44. The second-order valence-electron chi connectivity index (χ2n) is 16.5. The highest BCUT2D eigenvalue weighted by molar-refractivity contribution is 5.69. The van der Waals surface area contributed by atoms with Gasteiger partial charge in [0, 0.05) is 13.0 Å². The van der Waals surface area contributed by atoms with Gasteiger partial charge in [-0.05, 0) is 51.4 Å². The summed E-state index contributed by atoms with van der Waals surface area (Å²) in [6, 6.07) is 0. The monoisotopic (exact) mass is 835 g/mol. The Morgan fingerprint density at radius 3 is 1.54 bits per heavy atom. The molecule has 1 rings (SSSR count). The van der Waals surface area contributed by atoms with Gasteiger partial charge in [-0.15, -0.1) is 0 Å². The van der Waals surface area contributed by atoms with Crippen molar-refractivity contribution < 1.29 is 44.2 Å². The van der Waals surface area contributed by atoms with Crippen LogP contribution in [0.3, 0.4) is 0 Å². The first-order valence-corrected chi connectivity index (χ1v) is 24.2. The maximum Gasteiger partial charge on any atom is 0.306 e. The Hall–Kier alpha value is -1.85. The highest BCUT2D eigenvalue weighted by atomic mass is 16.7. The minimum Gasteiger partial charge on any atom is -0.457 e. The fourth-order valence-electron chi connectivity index (χ4n) is 7.25. The molecule has 0 bridgehead atoms. The highest BCUT2D eigenvalue weighted by Crippen LogP contribution is 2.23. The van der Waals surface area contributed by atoms with E-state index in [0.717, 1.165) is 70.6 Å². The summed E-state index contributed by atoms with van der Waals surface area (Å²) >= 11 is 0. The van der Waals surface area contributed by atoms with E-state index in [4.69, 9.17) is 18.9 Å². The predicted molar refractivity (Wildman–Crippen MR) is 242 cm³/mol. The summed E-state index contributed by atoms with van der Waals surface area (Å²) in [4.78, 5) is 12.8. The number of unbranched alkanes of at least 4 members (excludes halogenated alkanes) is 22. The topological polar surface area (TPSA) is 135 Å². The molecule has 1 fully saturated rings. The molecule has 0 aromatic heterocycles. The van der Waals surface area contributed by atoms with E-state index >= 15 is 0 Å². The third-order valence-corrected chi connectivity index (χ3v) is 11.0. The molecule has 0 aromatic carbocycles. The Morgan fingerprint density at radius 1 is 0.559 bits per heavy atom. The molecule has 0 aromatic rings. The molecular formula is C50H90O9. The van der Waals surface area contributed by atoms with Crippen molar-refractivity contribution in [2.75, 3.05) is 26.4 Å². The van der Waals surface area contributed by atoms with Crippen LogP contribution < -0.4 is 0 Å². The molecule has 4 N–H and O–H groups in total. The minimum absolute atomic E-state index is 0.124. The average molecular weight is 835 g/mol. The van der Waals surface area contributed by atoms with Gasteiger partial charge in [0.2, 0.25) is 0 Å². The molecular weight excluding hydrogens is 745 g/mol. The first kappa shape index (κ1) is 55.2. The molecule has 0 radical (unpaired) electrons. The Balaban J connectivity index is 2.24. The number of esters is 1. The smallest absolute Gasteiger partial charge is 0.306 e. The molecule has 6 atom stereocenters. The van der Waals surface area contributed by atoms with E-state index in [2.05, 4.69) is 62.5 Å². The van der Waals surface area contributed by atoms with Gasteiger partial charge in [-0.25, -0.2) is 0 Å².